The van der Waals surface area contributed by atoms with Gasteiger partial charge in [-0.05, 0) is 6.92 Å². The molecule has 1 unspecified atom stereocenters. The monoisotopic (exact) mass is 205 g/mol. The first-order valence-corrected chi connectivity index (χ1v) is 5.04. The third kappa shape index (κ3) is 1.57. The molecule has 0 bridgehead atoms. The highest BCUT2D eigenvalue weighted by Gasteiger charge is 2.39. The third-order valence-corrected chi connectivity index (χ3v) is 2.75. The lowest BCUT2D eigenvalue weighted by molar-refractivity contribution is -0.0869. The largest absolute Gasteiger partial charge is 0.364 e. The minimum Gasteiger partial charge on any atom is -0.364 e. The summed E-state index contributed by atoms with van der Waals surface area (Å²) in [4.78, 5) is 5.36. The van der Waals surface area contributed by atoms with Gasteiger partial charge in [0.15, 0.2) is 5.84 Å². The molecule has 1 aliphatic heterocycles. The Hall–Kier alpha value is -1.55. The van der Waals surface area contributed by atoms with Crippen molar-refractivity contribution in [3.63, 3.8) is 0 Å². The molecule has 1 aliphatic rings. The molecule has 0 aromatic heterocycles. The Labute approximate surface area is 89.3 Å². The Balaban J connectivity index is 2.28. The first-order chi connectivity index (χ1) is 7.17. The van der Waals surface area contributed by atoms with Gasteiger partial charge >= 0.3 is 0 Å². The van der Waals surface area contributed by atoms with Crippen molar-refractivity contribution in [3.8, 4) is 0 Å². The molecule has 2 N–H and O–H groups in total. The van der Waals surface area contributed by atoms with E-state index in [1.165, 1.54) is 0 Å². The fraction of sp³-hybridized carbons (Fsp3) is 0.364. The smallest absolute Gasteiger partial charge is 0.221 e. The summed E-state index contributed by atoms with van der Waals surface area (Å²) < 4.78 is 0. The van der Waals surface area contributed by atoms with Crippen LogP contribution in [0.3, 0.4) is 0 Å². The fourth-order valence-corrected chi connectivity index (χ4v) is 1.47. The number of hydrazine groups is 1. The zero-order valence-corrected chi connectivity index (χ0v) is 8.97. The highest BCUT2D eigenvalue weighted by atomic mass is 16.7. The second kappa shape index (κ2) is 3.55. The van der Waals surface area contributed by atoms with Gasteiger partial charge in [0.1, 0.15) is 0 Å². The van der Waals surface area contributed by atoms with E-state index in [4.69, 9.17) is 10.7 Å². The molecule has 0 fully saturated rings. The van der Waals surface area contributed by atoms with Crippen LogP contribution in [-0.4, -0.2) is 16.6 Å². The maximum atomic E-state index is 5.98. The van der Waals surface area contributed by atoms with Crippen molar-refractivity contribution in [2.24, 2.45) is 11.0 Å². The van der Waals surface area contributed by atoms with E-state index >= 15 is 0 Å². The summed E-state index contributed by atoms with van der Waals surface area (Å²) in [7, 11) is 0. The maximum Gasteiger partial charge on any atom is 0.221 e. The number of rotatable bonds is 2. The lowest BCUT2D eigenvalue weighted by Crippen LogP contribution is -2.50. The van der Waals surface area contributed by atoms with Crippen LogP contribution in [-0.2, 0) is 4.84 Å². The summed E-state index contributed by atoms with van der Waals surface area (Å²) >= 11 is 0. The average Bonchev–Trinajstić information content (AvgIpc) is 2.58. The summed E-state index contributed by atoms with van der Waals surface area (Å²) in [6, 6.07) is 9.78. The molecular formula is C11H15N3O. The number of oxime groups is 1. The van der Waals surface area contributed by atoms with Gasteiger partial charge < -0.3 is 4.84 Å². The van der Waals surface area contributed by atoms with Gasteiger partial charge in [0, 0.05) is 12.0 Å². The number of hydrogen-bond donors (Lipinski definition) is 1. The number of benzene rings is 1. The highest BCUT2D eigenvalue weighted by Crippen LogP contribution is 2.26. The molecule has 15 heavy (non-hydrogen) atoms. The van der Waals surface area contributed by atoms with E-state index in [1.807, 2.05) is 44.2 Å². The van der Waals surface area contributed by atoms with E-state index in [0.717, 1.165) is 12.0 Å². The van der Waals surface area contributed by atoms with Crippen LogP contribution >= 0.6 is 0 Å². The Morgan fingerprint density at radius 2 is 2.07 bits per heavy atom. The average molecular weight is 205 g/mol. The molecule has 4 nitrogen and oxygen atoms in total. The van der Waals surface area contributed by atoms with E-state index in [-0.39, 0.29) is 0 Å². The molecule has 1 aromatic carbocycles. The third-order valence-electron chi connectivity index (χ3n) is 2.75. The fourth-order valence-electron chi connectivity index (χ4n) is 1.47. The first-order valence-electron chi connectivity index (χ1n) is 5.04. The van der Waals surface area contributed by atoms with Crippen LogP contribution in [0.15, 0.2) is 35.5 Å². The minimum atomic E-state index is -0.523. The van der Waals surface area contributed by atoms with E-state index in [1.54, 1.807) is 5.01 Å². The van der Waals surface area contributed by atoms with Gasteiger partial charge in [0.25, 0.3) is 0 Å². The molecule has 0 aliphatic carbocycles. The highest BCUT2D eigenvalue weighted by molar-refractivity contribution is 5.99. The lowest BCUT2D eigenvalue weighted by Gasteiger charge is -2.29. The van der Waals surface area contributed by atoms with Gasteiger partial charge in [-0.1, -0.05) is 42.4 Å². The van der Waals surface area contributed by atoms with E-state index in [2.05, 4.69) is 5.16 Å². The molecular weight excluding hydrogens is 190 g/mol. The van der Waals surface area contributed by atoms with Crippen LogP contribution in [0.4, 0.5) is 0 Å². The van der Waals surface area contributed by atoms with Gasteiger partial charge in [-0.2, -0.15) is 0 Å². The SMILES string of the molecule is CCC1(C)ON=C(c2ccccc2)N1N. The molecule has 0 radical (unpaired) electrons. The number of nitrogens with zero attached hydrogens (tertiary/aromatic N) is 2. The molecule has 0 amide bonds. The van der Waals surface area contributed by atoms with Gasteiger partial charge in [0.2, 0.25) is 5.72 Å². The van der Waals surface area contributed by atoms with Crippen molar-refractivity contribution in [2.75, 3.05) is 0 Å². The first kappa shape index (κ1) is 9.98. The molecule has 80 valence electrons. The van der Waals surface area contributed by atoms with E-state index in [9.17, 15) is 0 Å². The van der Waals surface area contributed by atoms with Crippen molar-refractivity contribution in [1.29, 1.82) is 0 Å². The number of amidine groups is 1. The van der Waals surface area contributed by atoms with Crippen molar-refractivity contribution in [1.82, 2.24) is 5.01 Å². The van der Waals surface area contributed by atoms with Crippen LogP contribution in [0.5, 0.6) is 0 Å². The van der Waals surface area contributed by atoms with Crippen LogP contribution in [0.2, 0.25) is 0 Å². The zero-order chi connectivity index (χ0) is 10.9. The standard InChI is InChI=1S/C11H15N3O/c1-3-11(2)14(12)10(13-15-11)9-7-5-4-6-8-9/h4-8H,3,12H2,1-2H3. The Bertz CT molecular complexity index is 377. The van der Waals surface area contributed by atoms with Crippen LogP contribution in [0.25, 0.3) is 0 Å². The lowest BCUT2D eigenvalue weighted by atomic mass is 10.1. The summed E-state index contributed by atoms with van der Waals surface area (Å²) in [5, 5.41) is 5.61. The van der Waals surface area contributed by atoms with Crippen molar-refractivity contribution >= 4 is 5.84 Å². The quantitative estimate of drug-likeness (QED) is 0.747. The van der Waals surface area contributed by atoms with Crippen LogP contribution in [0, 0.1) is 0 Å². The normalized spacial score (nSPS) is 25.0. The summed E-state index contributed by atoms with van der Waals surface area (Å²) in [6.45, 7) is 3.94. The van der Waals surface area contributed by atoms with Crippen molar-refractivity contribution in [3.05, 3.63) is 35.9 Å². The minimum absolute atomic E-state index is 0.523. The second-order valence-electron chi connectivity index (χ2n) is 3.77. The van der Waals surface area contributed by atoms with E-state index < -0.39 is 5.72 Å². The zero-order valence-electron chi connectivity index (χ0n) is 8.97. The Morgan fingerprint density at radius 1 is 1.40 bits per heavy atom. The molecule has 0 saturated carbocycles. The van der Waals surface area contributed by atoms with Gasteiger partial charge in [-0.3, -0.25) is 0 Å². The molecule has 1 atom stereocenters. The molecule has 4 heteroatoms. The van der Waals surface area contributed by atoms with Gasteiger partial charge in [-0.25, -0.2) is 10.9 Å². The predicted octanol–water partition coefficient (Wildman–Crippen LogP) is 1.68. The molecule has 1 aromatic rings. The topological polar surface area (TPSA) is 50.8 Å². The van der Waals surface area contributed by atoms with Crippen LogP contribution in [0.1, 0.15) is 25.8 Å². The summed E-state index contributed by atoms with van der Waals surface area (Å²) in [6.07, 6.45) is 0.781. The number of hydrogen-bond acceptors (Lipinski definition) is 4. The number of nitrogens with two attached hydrogens (primary N) is 1. The maximum absolute atomic E-state index is 5.98. The predicted molar refractivity (Wildman–Crippen MR) is 58.8 cm³/mol. The van der Waals surface area contributed by atoms with Gasteiger partial charge in [-0.15, -0.1) is 0 Å². The molecule has 1 heterocycles. The summed E-state index contributed by atoms with van der Waals surface area (Å²) in [5.41, 5.74) is 0.447. The van der Waals surface area contributed by atoms with Crippen molar-refractivity contribution in [2.45, 2.75) is 26.0 Å². The summed E-state index contributed by atoms with van der Waals surface area (Å²) in [5.74, 6) is 6.66. The molecule has 2 rings (SSSR count). The van der Waals surface area contributed by atoms with Crippen molar-refractivity contribution < 1.29 is 4.84 Å². The Kier molecular flexibility index (Phi) is 2.36. The second-order valence-corrected chi connectivity index (χ2v) is 3.77. The molecule has 0 spiro atoms. The van der Waals surface area contributed by atoms with Crippen LogP contribution < -0.4 is 5.84 Å². The van der Waals surface area contributed by atoms with Gasteiger partial charge in [0.05, 0.1) is 0 Å². The Morgan fingerprint density at radius 3 is 2.60 bits per heavy atom. The van der Waals surface area contributed by atoms with E-state index in [0.29, 0.717) is 5.84 Å². The molecule has 0 saturated heterocycles.